The third-order valence-electron chi connectivity index (χ3n) is 1.86. The molecule has 0 saturated carbocycles. The van der Waals surface area contributed by atoms with Crippen LogP contribution in [0.15, 0.2) is 29.2 Å². The molecule has 0 aliphatic heterocycles. The predicted molar refractivity (Wildman–Crippen MR) is 66.7 cm³/mol. The summed E-state index contributed by atoms with van der Waals surface area (Å²) in [6.07, 6.45) is 0. The van der Waals surface area contributed by atoms with Gasteiger partial charge in [-0.05, 0) is 30.2 Å². The van der Waals surface area contributed by atoms with Gasteiger partial charge in [-0.2, -0.15) is 0 Å². The summed E-state index contributed by atoms with van der Waals surface area (Å²) in [6.45, 7) is 2.24. The van der Waals surface area contributed by atoms with Crippen LogP contribution >= 0.6 is 27.7 Å². The number of hydrogen-bond donors (Lipinski definition) is 0. The van der Waals surface area contributed by atoms with Gasteiger partial charge in [0.2, 0.25) is 0 Å². The molecule has 3 heteroatoms. The molecule has 1 nitrogen and oxygen atoms in total. The van der Waals surface area contributed by atoms with Crippen LogP contribution in [-0.4, -0.2) is 18.2 Å². The van der Waals surface area contributed by atoms with Crippen molar-refractivity contribution in [2.45, 2.75) is 11.8 Å². The number of ether oxygens (including phenoxy) is 1. The van der Waals surface area contributed by atoms with E-state index in [4.69, 9.17) is 4.74 Å². The minimum absolute atomic E-state index is 0.710. The fraction of sp³-hybridized carbons (Fsp3) is 0.455. The number of thioether (sulfide) groups is 1. The van der Waals surface area contributed by atoms with Crippen molar-refractivity contribution in [2.75, 3.05) is 18.2 Å². The number of hydrogen-bond acceptors (Lipinski definition) is 2. The summed E-state index contributed by atoms with van der Waals surface area (Å²) in [7, 11) is 1.69. The fourth-order valence-corrected chi connectivity index (χ4v) is 2.41. The maximum absolute atomic E-state index is 5.10. The molecule has 0 aliphatic carbocycles. The molecule has 0 fully saturated rings. The maximum atomic E-state index is 5.10. The van der Waals surface area contributed by atoms with Gasteiger partial charge < -0.3 is 4.74 Å². The average molecular weight is 275 g/mol. The predicted octanol–water partition coefficient (Wildman–Crippen LogP) is 3.82. The van der Waals surface area contributed by atoms with Gasteiger partial charge in [0.05, 0.1) is 7.11 Å². The summed E-state index contributed by atoms with van der Waals surface area (Å²) in [6, 6.07) is 8.21. The van der Waals surface area contributed by atoms with Crippen LogP contribution in [0.4, 0.5) is 0 Å². The van der Waals surface area contributed by atoms with Gasteiger partial charge >= 0.3 is 0 Å². The van der Waals surface area contributed by atoms with Crippen LogP contribution in [0.5, 0.6) is 5.75 Å². The lowest BCUT2D eigenvalue weighted by Gasteiger charge is -2.07. The van der Waals surface area contributed by atoms with Crippen molar-refractivity contribution in [1.29, 1.82) is 0 Å². The lowest BCUT2D eigenvalue weighted by Crippen LogP contribution is -1.98. The first-order valence-electron chi connectivity index (χ1n) is 4.59. The Morgan fingerprint density at radius 1 is 1.36 bits per heavy atom. The molecule has 1 atom stereocenters. The molecule has 0 radical (unpaired) electrons. The van der Waals surface area contributed by atoms with Gasteiger partial charge in [0.25, 0.3) is 0 Å². The topological polar surface area (TPSA) is 9.23 Å². The normalized spacial score (nSPS) is 12.5. The van der Waals surface area contributed by atoms with E-state index in [1.54, 1.807) is 7.11 Å². The molecule has 1 unspecified atom stereocenters. The molecular weight excluding hydrogens is 260 g/mol. The van der Waals surface area contributed by atoms with Crippen molar-refractivity contribution in [3.63, 3.8) is 0 Å². The second-order valence-corrected chi connectivity index (χ2v) is 4.99. The average Bonchev–Trinajstić information content (AvgIpc) is 2.26. The van der Waals surface area contributed by atoms with Crippen molar-refractivity contribution in [3.8, 4) is 5.75 Å². The quantitative estimate of drug-likeness (QED) is 0.597. The Kier molecular flexibility index (Phi) is 5.41. The van der Waals surface area contributed by atoms with Crippen LogP contribution in [-0.2, 0) is 0 Å². The molecule has 0 spiro atoms. The Hall–Kier alpha value is -0.150. The highest BCUT2D eigenvalue weighted by Gasteiger charge is 2.01. The van der Waals surface area contributed by atoms with E-state index in [0.29, 0.717) is 5.92 Å². The Bertz CT molecular complexity index is 260. The van der Waals surface area contributed by atoms with Gasteiger partial charge in [0.1, 0.15) is 5.75 Å². The first-order chi connectivity index (χ1) is 6.76. The highest BCUT2D eigenvalue weighted by atomic mass is 79.9. The molecular formula is C11H15BrOS. The molecule has 1 aromatic carbocycles. The van der Waals surface area contributed by atoms with Crippen molar-refractivity contribution in [2.24, 2.45) is 5.92 Å². The molecule has 78 valence electrons. The van der Waals surface area contributed by atoms with Crippen molar-refractivity contribution in [3.05, 3.63) is 24.3 Å². The first-order valence-corrected chi connectivity index (χ1v) is 6.69. The van der Waals surface area contributed by atoms with Gasteiger partial charge in [0, 0.05) is 16.0 Å². The van der Waals surface area contributed by atoms with E-state index in [9.17, 15) is 0 Å². The molecule has 0 aromatic heterocycles. The zero-order valence-electron chi connectivity index (χ0n) is 8.50. The van der Waals surface area contributed by atoms with Crippen molar-refractivity contribution < 1.29 is 4.74 Å². The summed E-state index contributed by atoms with van der Waals surface area (Å²) in [5.74, 6) is 2.78. The minimum atomic E-state index is 0.710. The fourth-order valence-electron chi connectivity index (χ4n) is 0.955. The molecule has 1 rings (SSSR count). The van der Waals surface area contributed by atoms with Crippen LogP contribution in [0.1, 0.15) is 6.92 Å². The molecule has 0 heterocycles. The Morgan fingerprint density at radius 3 is 2.50 bits per heavy atom. The van der Waals surface area contributed by atoms with E-state index in [1.165, 1.54) is 4.90 Å². The zero-order valence-corrected chi connectivity index (χ0v) is 10.9. The van der Waals surface area contributed by atoms with Crippen LogP contribution in [0, 0.1) is 5.92 Å². The lowest BCUT2D eigenvalue weighted by molar-refractivity contribution is 0.414. The van der Waals surface area contributed by atoms with Crippen molar-refractivity contribution in [1.82, 2.24) is 0 Å². The number of alkyl halides is 1. The Balaban J connectivity index is 2.43. The van der Waals surface area contributed by atoms with E-state index in [2.05, 4.69) is 35.0 Å². The molecule has 0 aliphatic rings. The molecule has 0 bridgehead atoms. The SMILES string of the molecule is COc1ccc(SCC(C)CBr)cc1. The summed E-state index contributed by atoms with van der Waals surface area (Å²) in [5, 5.41) is 1.07. The van der Waals surface area contributed by atoms with E-state index in [1.807, 2.05) is 23.9 Å². The summed E-state index contributed by atoms with van der Waals surface area (Å²) < 4.78 is 5.10. The highest BCUT2D eigenvalue weighted by molar-refractivity contribution is 9.09. The molecule has 14 heavy (non-hydrogen) atoms. The van der Waals surface area contributed by atoms with Crippen LogP contribution < -0.4 is 4.74 Å². The van der Waals surface area contributed by atoms with Gasteiger partial charge in [-0.25, -0.2) is 0 Å². The van der Waals surface area contributed by atoms with Crippen molar-refractivity contribution >= 4 is 27.7 Å². The Morgan fingerprint density at radius 2 is 2.00 bits per heavy atom. The third-order valence-corrected chi connectivity index (χ3v) is 4.30. The second kappa shape index (κ2) is 6.36. The van der Waals surface area contributed by atoms with Crippen LogP contribution in [0.3, 0.4) is 0 Å². The van der Waals surface area contributed by atoms with E-state index < -0.39 is 0 Å². The van der Waals surface area contributed by atoms with Gasteiger partial charge in [-0.3, -0.25) is 0 Å². The van der Waals surface area contributed by atoms with E-state index in [0.717, 1.165) is 16.8 Å². The molecule has 1 aromatic rings. The van der Waals surface area contributed by atoms with Gasteiger partial charge in [-0.1, -0.05) is 22.9 Å². The molecule has 0 N–H and O–H groups in total. The summed E-state index contributed by atoms with van der Waals surface area (Å²) in [4.78, 5) is 1.30. The maximum Gasteiger partial charge on any atom is 0.118 e. The van der Waals surface area contributed by atoms with Crippen LogP contribution in [0.25, 0.3) is 0 Å². The monoisotopic (exact) mass is 274 g/mol. The minimum Gasteiger partial charge on any atom is -0.497 e. The molecule has 0 amide bonds. The number of benzene rings is 1. The van der Waals surface area contributed by atoms with Gasteiger partial charge in [-0.15, -0.1) is 11.8 Å². The standard InChI is InChI=1S/C11H15BrOS/c1-9(7-12)8-14-11-5-3-10(13-2)4-6-11/h3-6,9H,7-8H2,1-2H3. The van der Waals surface area contributed by atoms with Crippen LogP contribution in [0.2, 0.25) is 0 Å². The zero-order chi connectivity index (χ0) is 10.4. The highest BCUT2D eigenvalue weighted by Crippen LogP contribution is 2.23. The molecule has 0 saturated heterocycles. The van der Waals surface area contributed by atoms with E-state index >= 15 is 0 Å². The third kappa shape index (κ3) is 3.93. The summed E-state index contributed by atoms with van der Waals surface area (Å²) in [5.41, 5.74) is 0. The first kappa shape index (κ1) is 11.9. The largest absolute Gasteiger partial charge is 0.497 e. The number of methoxy groups -OCH3 is 1. The summed E-state index contributed by atoms with van der Waals surface area (Å²) >= 11 is 5.36. The van der Waals surface area contributed by atoms with Gasteiger partial charge in [0.15, 0.2) is 0 Å². The van der Waals surface area contributed by atoms with E-state index in [-0.39, 0.29) is 0 Å². The lowest BCUT2D eigenvalue weighted by atomic mass is 10.3. The number of rotatable bonds is 5. The Labute approximate surface area is 98.4 Å². The second-order valence-electron chi connectivity index (χ2n) is 3.25. The smallest absolute Gasteiger partial charge is 0.118 e. The number of halogens is 1.